The minimum absolute atomic E-state index is 0.0224. The molecule has 0 bridgehead atoms. The van der Waals surface area contributed by atoms with Crippen molar-refractivity contribution in [2.24, 2.45) is 0 Å². The lowest BCUT2D eigenvalue weighted by Gasteiger charge is -2.22. The molecular formula is C9H15N3O2. The molecule has 5 nitrogen and oxygen atoms in total. The minimum atomic E-state index is -0.0473. The lowest BCUT2D eigenvalue weighted by molar-refractivity contribution is -0.124. The van der Waals surface area contributed by atoms with Crippen molar-refractivity contribution in [2.45, 2.75) is 18.9 Å². The Labute approximate surface area is 83.4 Å². The van der Waals surface area contributed by atoms with Crippen LogP contribution in [0.25, 0.3) is 0 Å². The zero-order valence-corrected chi connectivity index (χ0v) is 8.08. The van der Waals surface area contributed by atoms with Crippen molar-refractivity contribution >= 4 is 5.91 Å². The summed E-state index contributed by atoms with van der Waals surface area (Å²) in [7, 11) is 0. The molecule has 0 spiro atoms. The third kappa shape index (κ3) is 4.21. The first kappa shape index (κ1) is 11.0. The third-order valence-corrected chi connectivity index (χ3v) is 1.98. The van der Waals surface area contributed by atoms with Crippen molar-refractivity contribution in [3.63, 3.8) is 0 Å². The molecule has 1 atom stereocenters. The molecule has 14 heavy (non-hydrogen) atoms. The van der Waals surface area contributed by atoms with E-state index < -0.39 is 0 Å². The first-order valence-electron chi connectivity index (χ1n) is 4.79. The van der Waals surface area contributed by atoms with Crippen LogP contribution in [0.2, 0.25) is 0 Å². The van der Waals surface area contributed by atoms with Gasteiger partial charge in [-0.05, 0) is 0 Å². The van der Waals surface area contributed by atoms with Gasteiger partial charge in [0.05, 0.1) is 31.6 Å². The number of hydrogen-bond donors (Lipinski definition) is 2. The van der Waals surface area contributed by atoms with Crippen LogP contribution in [0.5, 0.6) is 0 Å². The maximum atomic E-state index is 11.3. The van der Waals surface area contributed by atoms with E-state index >= 15 is 0 Å². The van der Waals surface area contributed by atoms with E-state index in [0.29, 0.717) is 26.0 Å². The zero-order chi connectivity index (χ0) is 10.2. The highest BCUT2D eigenvalue weighted by atomic mass is 16.5. The molecule has 1 amide bonds. The highest BCUT2D eigenvalue weighted by Gasteiger charge is 2.16. The van der Waals surface area contributed by atoms with Gasteiger partial charge in [-0.15, -0.1) is 0 Å². The average Bonchev–Trinajstić information content (AvgIpc) is 2.20. The summed E-state index contributed by atoms with van der Waals surface area (Å²) < 4.78 is 5.37. The van der Waals surface area contributed by atoms with Crippen molar-refractivity contribution in [1.82, 2.24) is 10.6 Å². The molecule has 1 saturated heterocycles. The molecule has 2 N–H and O–H groups in total. The van der Waals surface area contributed by atoms with Crippen LogP contribution in [-0.2, 0) is 9.53 Å². The number of ether oxygens (including phenoxy) is 1. The van der Waals surface area contributed by atoms with Crippen LogP contribution < -0.4 is 10.6 Å². The lowest BCUT2D eigenvalue weighted by atomic mass is 10.2. The van der Waals surface area contributed by atoms with Crippen molar-refractivity contribution < 1.29 is 9.53 Å². The van der Waals surface area contributed by atoms with Crippen molar-refractivity contribution in [3.8, 4) is 6.07 Å². The Hall–Kier alpha value is -1.12. The molecule has 1 aliphatic heterocycles. The van der Waals surface area contributed by atoms with Gasteiger partial charge in [0.2, 0.25) is 5.91 Å². The molecule has 0 aliphatic carbocycles. The quantitative estimate of drug-likeness (QED) is 0.590. The van der Waals surface area contributed by atoms with Crippen molar-refractivity contribution in [3.05, 3.63) is 0 Å². The van der Waals surface area contributed by atoms with Crippen molar-refractivity contribution in [1.29, 1.82) is 5.26 Å². The number of nitrogens with one attached hydrogen (secondary N) is 2. The smallest absolute Gasteiger partial charge is 0.222 e. The highest BCUT2D eigenvalue weighted by Crippen LogP contribution is 2.00. The van der Waals surface area contributed by atoms with E-state index in [1.807, 2.05) is 6.07 Å². The summed E-state index contributed by atoms with van der Waals surface area (Å²) >= 11 is 0. The monoisotopic (exact) mass is 197 g/mol. The average molecular weight is 197 g/mol. The van der Waals surface area contributed by atoms with Crippen LogP contribution in [-0.4, -0.2) is 38.3 Å². The molecule has 5 heteroatoms. The van der Waals surface area contributed by atoms with E-state index in [1.54, 1.807) is 0 Å². The molecule has 78 valence electrons. The number of morpholine rings is 1. The predicted molar refractivity (Wildman–Crippen MR) is 50.5 cm³/mol. The first-order chi connectivity index (χ1) is 6.83. The Balaban J connectivity index is 2.10. The van der Waals surface area contributed by atoms with Crippen LogP contribution >= 0.6 is 0 Å². The molecule has 1 aliphatic rings. The highest BCUT2D eigenvalue weighted by molar-refractivity contribution is 5.76. The molecular weight excluding hydrogens is 182 g/mol. The van der Waals surface area contributed by atoms with Crippen LogP contribution in [0.4, 0.5) is 0 Å². The van der Waals surface area contributed by atoms with Gasteiger partial charge in [0.1, 0.15) is 0 Å². The molecule has 1 fully saturated rings. The summed E-state index contributed by atoms with van der Waals surface area (Å²) in [6.45, 7) is 2.67. The maximum Gasteiger partial charge on any atom is 0.222 e. The Morgan fingerprint density at radius 2 is 2.57 bits per heavy atom. The lowest BCUT2D eigenvalue weighted by Crippen LogP contribution is -2.41. The Morgan fingerprint density at radius 3 is 3.21 bits per heavy atom. The first-order valence-corrected chi connectivity index (χ1v) is 4.79. The Morgan fingerprint density at radius 1 is 1.71 bits per heavy atom. The van der Waals surface area contributed by atoms with Gasteiger partial charge in [0.25, 0.3) is 0 Å². The van der Waals surface area contributed by atoms with Gasteiger partial charge in [-0.2, -0.15) is 5.26 Å². The second kappa shape index (κ2) is 6.35. The van der Waals surface area contributed by atoms with E-state index in [-0.39, 0.29) is 12.0 Å². The number of carbonyl (C=O) groups excluding carboxylic acids is 1. The summed E-state index contributed by atoms with van der Waals surface area (Å²) in [6, 6.07) is 1.97. The standard InChI is InChI=1S/C9H15N3O2/c10-2-1-3-12-9(13)6-8-7-11-4-5-14-8/h8,11H,1,3-7H2,(H,12,13). The van der Waals surface area contributed by atoms with E-state index in [4.69, 9.17) is 10.00 Å². The number of rotatable bonds is 4. The van der Waals surface area contributed by atoms with E-state index in [0.717, 1.165) is 13.1 Å². The topological polar surface area (TPSA) is 74.2 Å². The fraction of sp³-hybridized carbons (Fsp3) is 0.778. The summed E-state index contributed by atoms with van der Waals surface area (Å²) in [4.78, 5) is 11.3. The maximum absolute atomic E-state index is 11.3. The molecule has 1 rings (SSSR count). The molecule has 0 radical (unpaired) electrons. The summed E-state index contributed by atoms with van der Waals surface area (Å²) in [5.41, 5.74) is 0. The third-order valence-electron chi connectivity index (χ3n) is 1.98. The van der Waals surface area contributed by atoms with Crippen LogP contribution in [0, 0.1) is 11.3 Å². The van der Waals surface area contributed by atoms with Gasteiger partial charge < -0.3 is 15.4 Å². The van der Waals surface area contributed by atoms with Gasteiger partial charge in [0.15, 0.2) is 0 Å². The Bertz CT molecular complexity index is 219. The SMILES string of the molecule is N#CCCNC(=O)CC1CNCCO1. The number of nitriles is 1. The van der Waals surface area contributed by atoms with Gasteiger partial charge in [0, 0.05) is 19.6 Å². The van der Waals surface area contributed by atoms with Gasteiger partial charge >= 0.3 is 0 Å². The number of hydrogen-bond acceptors (Lipinski definition) is 4. The van der Waals surface area contributed by atoms with Gasteiger partial charge in [-0.1, -0.05) is 0 Å². The number of carbonyl (C=O) groups is 1. The zero-order valence-electron chi connectivity index (χ0n) is 8.08. The number of nitrogens with zero attached hydrogens (tertiary/aromatic N) is 1. The fourth-order valence-electron chi connectivity index (χ4n) is 1.29. The van der Waals surface area contributed by atoms with Gasteiger partial charge in [-0.3, -0.25) is 4.79 Å². The minimum Gasteiger partial charge on any atom is -0.375 e. The fourth-order valence-corrected chi connectivity index (χ4v) is 1.29. The second-order valence-electron chi connectivity index (χ2n) is 3.16. The van der Waals surface area contributed by atoms with E-state index in [2.05, 4.69) is 10.6 Å². The molecule has 0 saturated carbocycles. The van der Waals surface area contributed by atoms with Crippen LogP contribution in [0.3, 0.4) is 0 Å². The molecule has 0 aromatic heterocycles. The largest absolute Gasteiger partial charge is 0.375 e. The molecule has 0 aromatic rings. The number of amides is 1. The predicted octanol–water partition coefficient (Wildman–Crippen LogP) is -0.605. The second-order valence-corrected chi connectivity index (χ2v) is 3.16. The van der Waals surface area contributed by atoms with E-state index in [9.17, 15) is 4.79 Å². The van der Waals surface area contributed by atoms with Crippen LogP contribution in [0.1, 0.15) is 12.8 Å². The summed E-state index contributed by atoms with van der Waals surface area (Å²) in [5, 5.41) is 14.1. The van der Waals surface area contributed by atoms with E-state index in [1.165, 1.54) is 0 Å². The molecule has 1 unspecified atom stereocenters. The van der Waals surface area contributed by atoms with Gasteiger partial charge in [-0.25, -0.2) is 0 Å². The van der Waals surface area contributed by atoms with Crippen LogP contribution in [0.15, 0.2) is 0 Å². The summed E-state index contributed by atoms with van der Waals surface area (Å²) in [5.74, 6) is -0.0473. The normalized spacial score (nSPS) is 21.2. The summed E-state index contributed by atoms with van der Waals surface area (Å²) in [6.07, 6.45) is 0.708. The molecule has 0 aromatic carbocycles. The Kier molecular flexibility index (Phi) is 4.97. The molecule has 1 heterocycles. The van der Waals surface area contributed by atoms with Crippen molar-refractivity contribution in [2.75, 3.05) is 26.2 Å².